The van der Waals surface area contributed by atoms with Gasteiger partial charge in [-0.05, 0) is 74.5 Å². The van der Waals surface area contributed by atoms with E-state index in [1.54, 1.807) is 0 Å². The van der Waals surface area contributed by atoms with Crippen LogP contribution in [0, 0.1) is 23.2 Å². The van der Waals surface area contributed by atoms with Crippen molar-refractivity contribution >= 4 is 21.8 Å². The number of likely N-dealkylation sites (tertiary alicyclic amines) is 1. The van der Waals surface area contributed by atoms with Crippen LogP contribution in [0.15, 0.2) is 0 Å². The van der Waals surface area contributed by atoms with Crippen molar-refractivity contribution in [2.75, 3.05) is 13.1 Å². The van der Waals surface area contributed by atoms with Crippen molar-refractivity contribution in [1.29, 1.82) is 0 Å². The van der Waals surface area contributed by atoms with Crippen LogP contribution in [0.4, 0.5) is 0 Å². The van der Waals surface area contributed by atoms with Crippen molar-refractivity contribution in [3.63, 3.8) is 0 Å². The van der Waals surface area contributed by atoms with E-state index < -0.39 is 0 Å². The number of carbonyl (C=O) groups is 1. The lowest BCUT2D eigenvalue weighted by Crippen LogP contribution is -2.54. The zero-order chi connectivity index (χ0) is 13.0. The molecule has 1 saturated heterocycles. The van der Waals surface area contributed by atoms with Crippen LogP contribution in [0.25, 0.3) is 0 Å². The number of amides is 1. The summed E-state index contributed by atoms with van der Waals surface area (Å²) in [6.45, 7) is 1.99. The first-order valence-corrected chi connectivity index (χ1v) is 9.01. The molecule has 0 radical (unpaired) electrons. The van der Waals surface area contributed by atoms with Gasteiger partial charge in [0.2, 0.25) is 5.91 Å². The minimum absolute atomic E-state index is 0.103. The van der Waals surface area contributed by atoms with Crippen LogP contribution < -0.4 is 0 Å². The van der Waals surface area contributed by atoms with Gasteiger partial charge in [-0.1, -0.05) is 15.9 Å². The number of hydrogen-bond donors (Lipinski definition) is 0. The van der Waals surface area contributed by atoms with Gasteiger partial charge in [-0.2, -0.15) is 0 Å². The van der Waals surface area contributed by atoms with Crippen molar-refractivity contribution in [2.24, 2.45) is 23.2 Å². The lowest BCUT2D eigenvalue weighted by Gasteiger charge is -2.58. The highest BCUT2D eigenvalue weighted by molar-refractivity contribution is 9.10. The molecule has 106 valence electrons. The van der Waals surface area contributed by atoms with Gasteiger partial charge >= 0.3 is 0 Å². The van der Waals surface area contributed by atoms with Crippen LogP contribution in [-0.2, 0) is 4.79 Å². The molecule has 0 N–H and O–H groups in total. The largest absolute Gasteiger partial charge is 0.342 e. The maximum Gasteiger partial charge on any atom is 0.236 e. The Morgan fingerprint density at radius 2 is 1.47 bits per heavy atom. The minimum atomic E-state index is 0.103. The Balaban J connectivity index is 1.55. The smallest absolute Gasteiger partial charge is 0.236 e. The Kier molecular flexibility index (Phi) is 2.98. The van der Waals surface area contributed by atoms with Crippen LogP contribution in [0.1, 0.15) is 51.4 Å². The summed E-state index contributed by atoms with van der Waals surface area (Å²) < 4.78 is 0. The Morgan fingerprint density at radius 3 is 1.95 bits per heavy atom. The van der Waals surface area contributed by atoms with E-state index in [1.807, 2.05) is 0 Å². The number of hydrogen-bond acceptors (Lipinski definition) is 1. The van der Waals surface area contributed by atoms with Gasteiger partial charge in [0.05, 0.1) is 4.83 Å². The first-order valence-electron chi connectivity index (χ1n) is 8.09. The average Bonchev–Trinajstić information content (AvgIpc) is 2.89. The van der Waals surface area contributed by atoms with Crippen LogP contribution in [0.2, 0.25) is 0 Å². The molecule has 0 aromatic rings. The van der Waals surface area contributed by atoms with Gasteiger partial charge in [0.1, 0.15) is 0 Å². The molecular weight excluding hydrogens is 302 g/mol. The highest BCUT2D eigenvalue weighted by Crippen LogP contribution is 2.62. The lowest BCUT2D eigenvalue weighted by molar-refractivity contribution is -0.136. The standard InChI is InChI=1S/C16H24BrNO/c17-14(15(19)18-3-1-2-4-18)16-8-11-5-12(9-16)7-13(6-11)10-16/h11-14H,1-10H2. The molecule has 4 bridgehead atoms. The topological polar surface area (TPSA) is 20.3 Å². The first-order chi connectivity index (χ1) is 9.16. The predicted octanol–water partition coefficient (Wildman–Crippen LogP) is 3.59. The Bertz CT molecular complexity index is 353. The summed E-state index contributed by atoms with van der Waals surface area (Å²) in [7, 11) is 0. The van der Waals surface area contributed by atoms with E-state index in [0.717, 1.165) is 30.8 Å². The number of halogens is 1. The number of rotatable bonds is 2. The summed E-state index contributed by atoms with van der Waals surface area (Å²) in [5, 5.41) is 0. The summed E-state index contributed by atoms with van der Waals surface area (Å²) in [5.41, 5.74) is 0.314. The summed E-state index contributed by atoms with van der Waals surface area (Å²) in [6, 6.07) is 0. The van der Waals surface area contributed by atoms with Crippen molar-refractivity contribution in [1.82, 2.24) is 4.90 Å². The molecule has 0 aromatic carbocycles. The van der Waals surface area contributed by atoms with E-state index >= 15 is 0 Å². The number of nitrogens with zero attached hydrogens (tertiary/aromatic N) is 1. The van der Waals surface area contributed by atoms with Gasteiger partial charge in [0, 0.05) is 13.1 Å². The van der Waals surface area contributed by atoms with Crippen LogP contribution in [-0.4, -0.2) is 28.7 Å². The third kappa shape index (κ3) is 1.99. The minimum Gasteiger partial charge on any atom is -0.342 e. The van der Waals surface area contributed by atoms with Gasteiger partial charge in [-0.15, -0.1) is 0 Å². The Morgan fingerprint density at radius 1 is 1.00 bits per heavy atom. The molecule has 2 nitrogen and oxygen atoms in total. The van der Waals surface area contributed by atoms with Gasteiger partial charge in [0.25, 0.3) is 0 Å². The highest BCUT2D eigenvalue weighted by Gasteiger charge is 2.55. The van der Waals surface area contributed by atoms with Crippen LogP contribution >= 0.6 is 15.9 Å². The Hall–Kier alpha value is -0.0500. The quantitative estimate of drug-likeness (QED) is 0.710. The molecule has 1 heterocycles. The summed E-state index contributed by atoms with van der Waals surface area (Å²) >= 11 is 3.85. The molecule has 5 aliphatic rings. The van der Waals surface area contributed by atoms with Crippen LogP contribution in [0.5, 0.6) is 0 Å². The van der Waals surface area contributed by atoms with E-state index in [-0.39, 0.29) is 4.83 Å². The zero-order valence-corrected chi connectivity index (χ0v) is 13.2. The monoisotopic (exact) mass is 325 g/mol. The lowest BCUT2D eigenvalue weighted by atomic mass is 9.48. The second kappa shape index (κ2) is 4.47. The molecule has 1 unspecified atom stereocenters. The SMILES string of the molecule is O=C(C(Br)C12CC3CC(CC(C3)C1)C2)N1CCCC1. The van der Waals surface area contributed by atoms with Crippen molar-refractivity contribution in [3.8, 4) is 0 Å². The second-order valence-electron chi connectivity index (χ2n) is 7.67. The molecule has 4 aliphatic carbocycles. The maximum absolute atomic E-state index is 12.7. The van der Waals surface area contributed by atoms with Crippen molar-refractivity contribution < 1.29 is 4.79 Å². The summed E-state index contributed by atoms with van der Waals surface area (Å²) in [4.78, 5) is 15.0. The fourth-order valence-electron chi connectivity index (χ4n) is 5.85. The van der Waals surface area contributed by atoms with Crippen molar-refractivity contribution in [2.45, 2.75) is 56.2 Å². The fraction of sp³-hybridized carbons (Fsp3) is 0.938. The molecule has 19 heavy (non-hydrogen) atoms. The number of carbonyl (C=O) groups excluding carboxylic acids is 1. The van der Waals surface area contributed by atoms with Gasteiger partial charge in [0.15, 0.2) is 0 Å². The third-order valence-corrected chi connectivity index (χ3v) is 7.62. The molecule has 1 amide bonds. The molecule has 0 spiro atoms. The average molecular weight is 326 g/mol. The van der Waals surface area contributed by atoms with Crippen LogP contribution in [0.3, 0.4) is 0 Å². The predicted molar refractivity (Wildman–Crippen MR) is 79.1 cm³/mol. The molecule has 4 saturated carbocycles. The van der Waals surface area contributed by atoms with E-state index in [2.05, 4.69) is 20.8 Å². The molecular formula is C16H24BrNO. The molecule has 5 fully saturated rings. The first kappa shape index (κ1) is 12.7. The number of alkyl halides is 1. The fourth-order valence-corrected chi connectivity index (χ4v) is 6.70. The van der Waals surface area contributed by atoms with Gasteiger partial charge < -0.3 is 4.90 Å². The molecule has 3 heteroatoms. The van der Waals surface area contributed by atoms with E-state index in [0.29, 0.717) is 11.3 Å². The third-order valence-electron chi connectivity index (χ3n) is 6.26. The summed E-state index contributed by atoms with van der Waals surface area (Å²) in [6.07, 6.45) is 10.7. The Labute approximate surface area is 124 Å². The summed E-state index contributed by atoms with van der Waals surface area (Å²) in [5.74, 6) is 3.19. The van der Waals surface area contributed by atoms with Gasteiger partial charge in [-0.3, -0.25) is 4.79 Å². The second-order valence-corrected chi connectivity index (χ2v) is 8.59. The molecule has 5 rings (SSSR count). The van der Waals surface area contributed by atoms with E-state index in [4.69, 9.17) is 0 Å². The molecule has 1 atom stereocenters. The maximum atomic E-state index is 12.7. The van der Waals surface area contributed by atoms with E-state index in [1.165, 1.54) is 51.4 Å². The van der Waals surface area contributed by atoms with Gasteiger partial charge in [-0.25, -0.2) is 0 Å². The highest BCUT2D eigenvalue weighted by atomic mass is 79.9. The van der Waals surface area contributed by atoms with E-state index in [9.17, 15) is 4.79 Å². The zero-order valence-electron chi connectivity index (χ0n) is 11.6. The normalized spacial score (nSPS) is 45.7. The molecule has 0 aromatic heterocycles. The molecule has 1 aliphatic heterocycles. The van der Waals surface area contributed by atoms with Crippen molar-refractivity contribution in [3.05, 3.63) is 0 Å².